The van der Waals surface area contributed by atoms with E-state index in [2.05, 4.69) is 15.5 Å². The second kappa shape index (κ2) is 9.14. The van der Waals surface area contributed by atoms with Gasteiger partial charge in [0.15, 0.2) is 0 Å². The first-order valence-corrected chi connectivity index (χ1v) is 9.33. The average Bonchev–Trinajstić information content (AvgIpc) is 3.17. The molecule has 3 aromatic rings. The number of rotatable bonds is 7. The molecule has 2 aromatic carbocycles. The molecule has 0 unspecified atom stereocenters. The first-order valence-electron chi connectivity index (χ1n) is 8.34. The molecule has 1 heterocycles. The summed E-state index contributed by atoms with van der Waals surface area (Å²) >= 11 is 1.08. The van der Waals surface area contributed by atoms with E-state index in [-0.39, 0.29) is 28.6 Å². The summed E-state index contributed by atoms with van der Waals surface area (Å²) in [6, 6.07) is 12.1. The van der Waals surface area contributed by atoms with Crippen LogP contribution in [0, 0.1) is 5.82 Å². The topological polar surface area (TPSA) is 94.3 Å². The molecule has 0 bridgehead atoms. The maximum Gasteiger partial charge on any atom is 0.338 e. The molecule has 0 aliphatic carbocycles. The fraction of sp³-hybridized carbons (Fsp3) is 0.158. The minimum Gasteiger partial charge on any atom is -0.462 e. The summed E-state index contributed by atoms with van der Waals surface area (Å²) in [4.78, 5) is 23.7. The van der Waals surface area contributed by atoms with Crippen molar-refractivity contribution in [2.24, 2.45) is 0 Å². The van der Waals surface area contributed by atoms with Crippen molar-refractivity contribution < 1.29 is 23.1 Å². The third-order valence-corrected chi connectivity index (χ3v) is 4.32. The average molecular weight is 401 g/mol. The molecule has 0 spiro atoms. The lowest BCUT2D eigenvalue weighted by Gasteiger charge is -2.05. The van der Waals surface area contributed by atoms with Crippen molar-refractivity contribution in [3.05, 3.63) is 59.9 Å². The van der Waals surface area contributed by atoms with Gasteiger partial charge in [0.2, 0.25) is 11.8 Å². The van der Waals surface area contributed by atoms with E-state index in [0.717, 1.165) is 11.8 Å². The van der Waals surface area contributed by atoms with Gasteiger partial charge in [-0.3, -0.25) is 4.79 Å². The molecule has 0 fully saturated rings. The zero-order valence-electron chi connectivity index (χ0n) is 14.8. The van der Waals surface area contributed by atoms with Gasteiger partial charge >= 0.3 is 5.97 Å². The van der Waals surface area contributed by atoms with E-state index in [1.165, 1.54) is 24.3 Å². The van der Waals surface area contributed by atoms with Crippen LogP contribution in [0.5, 0.6) is 0 Å². The summed E-state index contributed by atoms with van der Waals surface area (Å²) in [6.45, 7) is 2.03. The van der Waals surface area contributed by atoms with Gasteiger partial charge in [0.25, 0.3) is 5.22 Å². The van der Waals surface area contributed by atoms with Gasteiger partial charge in [-0.25, -0.2) is 9.18 Å². The van der Waals surface area contributed by atoms with Gasteiger partial charge in [-0.2, -0.15) is 0 Å². The minimum atomic E-state index is -0.413. The molecule has 0 aliphatic heterocycles. The predicted octanol–water partition coefficient (Wildman–Crippen LogP) is 3.78. The van der Waals surface area contributed by atoms with Crippen LogP contribution in [0.2, 0.25) is 0 Å². The molecular weight excluding hydrogens is 385 g/mol. The number of carbonyl (C=O) groups excluding carboxylic acids is 2. The zero-order chi connectivity index (χ0) is 19.9. The van der Waals surface area contributed by atoms with Crippen molar-refractivity contribution in [3.8, 4) is 11.5 Å². The van der Waals surface area contributed by atoms with Gasteiger partial charge < -0.3 is 14.5 Å². The Bertz CT molecular complexity index is 958. The van der Waals surface area contributed by atoms with Gasteiger partial charge in [-0.05, 0) is 55.5 Å². The van der Waals surface area contributed by atoms with Crippen LogP contribution in [0.15, 0.2) is 58.2 Å². The van der Waals surface area contributed by atoms with Crippen molar-refractivity contribution in [2.45, 2.75) is 12.1 Å². The highest BCUT2D eigenvalue weighted by Crippen LogP contribution is 2.23. The second-order valence-corrected chi connectivity index (χ2v) is 6.44. The number of hydrogen-bond donors (Lipinski definition) is 1. The summed E-state index contributed by atoms with van der Waals surface area (Å²) in [6.07, 6.45) is 0. The quantitative estimate of drug-likeness (QED) is 0.475. The van der Waals surface area contributed by atoms with E-state index in [1.807, 2.05) is 0 Å². The van der Waals surface area contributed by atoms with Crippen LogP contribution in [0.3, 0.4) is 0 Å². The summed E-state index contributed by atoms with van der Waals surface area (Å²) < 4.78 is 23.3. The highest BCUT2D eigenvalue weighted by atomic mass is 32.2. The van der Waals surface area contributed by atoms with Crippen molar-refractivity contribution in [1.82, 2.24) is 10.2 Å². The number of halogens is 1. The normalized spacial score (nSPS) is 10.5. The van der Waals surface area contributed by atoms with Crippen LogP contribution < -0.4 is 5.32 Å². The number of amides is 1. The van der Waals surface area contributed by atoms with Crippen molar-refractivity contribution >= 4 is 29.3 Å². The summed E-state index contributed by atoms with van der Waals surface area (Å²) in [5.41, 5.74) is 1.55. The van der Waals surface area contributed by atoms with Crippen molar-refractivity contribution in [3.63, 3.8) is 0 Å². The van der Waals surface area contributed by atoms with Crippen molar-refractivity contribution in [2.75, 3.05) is 17.7 Å². The molecule has 144 valence electrons. The Morgan fingerprint density at radius 1 is 1.11 bits per heavy atom. The Labute approximate surface area is 164 Å². The van der Waals surface area contributed by atoms with Gasteiger partial charge in [0, 0.05) is 11.3 Å². The number of nitrogens with one attached hydrogen (secondary N) is 1. The Hall–Kier alpha value is -3.20. The van der Waals surface area contributed by atoms with Crippen LogP contribution in [-0.4, -0.2) is 34.4 Å². The van der Waals surface area contributed by atoms with Gasteiger partial charge in [-0.1, -0.05) is 11.8 Å². The molecule has 0 saturated heterocycles. The number of nitrogens with zero attached hydrogens (tertiary/aromatic N) is 2. The molecule has 3 rings (SSSR count). The molecule has 28 heavy (non-hydrogen) atoms. The van der Waals surface area contributed by atoms with E-state index in [0.29, 0.717) is 23.4 Å². The number of anilines is 1. The minimum absolute atomic E-state index is 0.0602. The number of carbonyl (C=O) groups is 2. The maximum atomic E-state index is 13.0. The second-order valence-electron chi connectivity index (χ2n) is 5.51. The molecule has 1 amide bonds. The number of esters is 1. The van der Waals surface area contributed by atoms with Crippen LogP contribution in [0.4, 0.5) is 10.1 Å². The van der Waals surface area contributed by atoms with E-state index in [1.54, 1.807) is 31.2 Å². The lowest BCUT2D eigenvalue weighted by Crippen LogP contribution is -2.14. The van der Waals surface area contributed by atoms with E-state index in [9.17, 15) is 14.0 Å². The highest BCUT2D eigenvalue weighted by molar-refractivity contribution is 7.99. The number of aromatic nitrogens is 2. The predicted molar refractivity (Wildman–Crippen MR) is 101 cm³/mol. The highest BCUT2D eigenvalue weighted by Gasteiger charge is 2.12. The zero-order valence-corrected chi connectivity index (χ0v) is 15.7. The van der Waals surface area contributed by atoms with E-state index in [4.69, 9.17) is 9.15 Å². The molecule has 0 saturated carbocycles. The first-order chi connectivity index (χ1) is 13.5. The van der Waals surface area contributed by atoms with Gasteiger partial charge in [0.05, 0.1) is 17.9 Å². The van der Waals surface area contributed by atoms with Gasteiger partial charge in [-0.15, -0.1) is 10.2 Å². The standard InChI is InChI=1S/C19H16FN3O4S/c1-2-26-18(25)13-5-9-15(10-6-13)21-16(24)11-28-19-23-22-17(27-19)12-3-7-14(20)8-4-12/h3-10H,2,11H2,1H3,(H,21,24). The fourth-order valence-electron chi connectivity index (χ4n) is 2.21. The lowest BCUT2D eigenvalue weighted by molar-refractivity contribution is -0.113. The third kappa shape index (κ3) is 5.17. The number of ether oxygens (including phenoxy) is 1. The molecule has 1 N–H and O–H groups in total. The summed E-state index contributed by atoms with van der Waals surface area (Å²) in [7, 11) is 0. The largest absolute Gasteiger partial charge is 0.462 e. The molecule has 0 atom stereocenters. The number of benzene rings is 2. The summed E-state index contributed by atoms with van der Waals surface area (Å²) in [5.74, 6) is -0.730. The SMILES string of the molecule is CCOC(=O)c1ccc(NC(=O)CSc2nnc(-c3ccc(F)cc3)o2)cc1. The number of hydrogen-bond acceptors (Lipinski definition) is 7. The maximum absolute atomic E-state index is 13.0. The monoisotopic (exact) mass is 401 g/mol. The summed E-state index contributed by atoms with van der Waals surface area (Å²) in [5, 5.41) is 10.7. The van der Waals surface area contributed by atoms with Crippen LogP contribution in [0.25, 0.3) is 11.5 Å². The lowest BCUT2D eigenvalue weighted by atomic mass is 10.2. The van der Waals surface area contributed by atoms with Gasteiger partial charge in [0.1, 0.15) is 5.82 Å². The molecule has 0 radical (unpaired) electrons. The molecule has 9 heteroatoms. The Kier molecular flexibility index (Phi) is 6.38. The van der Waals surface area contributed by atoms with E-state index < -0.39 is 5.97 Å². The Balaban J connectivity index is 1.52. The Morgan fingerprint density at radius 2 is 1.82 bits per heavy atom. The smallest absolute Gasteiger partial charge is 0.338 e. The molecule has 1 aromatic heterocycles. The van der Waals surface area contributed by atoms with Crippen LogP contribution in [0.1, 0.15) is 17.3 Å². The number of thioether (sulfide) groups is 1. The first kappa shape index (κ1) is 19.6. The fourth-order valence-corrected chi connectivity index (χ4v) is 2.77. The molecular formula is C19H16FN3O4S. The van der Waals surface area contributed by atoms with Crippen LogP contribution in [-0.2, 0) is 9.53 Å². The van der Waals surface area contributed by atoms with Crippen molar-refractivity contribution in [1.29, 1.82) is 0 Å². The third-order valence-electron chi connectivity index (χ3n) is 3.50. The van der Waals surface area contributed by atoms with Crippen LogP contribution >= 0.6 is 11.8 Å². The molecule has 7 nitrogen and oxygen atoms in total. The molecule has 0 aliphatic rings. The Morgan fingerprint density at radius 3 is 2.50 bits per heavy atom. The van der Waals surface area contributed by atoms with E-state index >= 15 is 0 Å².